The van der Waals surface area contributed by atoms with Gasteiger partial charge in [0.05, 0.1) is 13.2 Å². The minimum Gasteiger partial charge on any atom is -0.429 e. The fourth-order valence-corrected chi connectivity index (χ4v) is 3.98. The van der Waals surface area contributed by atoms with Crippen LogP contribution in [-0.4, -0.2) is 13.2 Å². The van der Waals surface area contributed by atoms with E-state index in [0.717, 1.165) is 25.0 Å². The van der Waals surface area contributed by atoms with E-state index in [4.69, 9.17) is 9.47 Å². The first kappa shape index (κ1) is 26.9. The van der Waals surface area contributed by atoms with Gasteiger partial charge in [-0.05, 0) is 18.6 Å². The van der Waals surface area contributed by atoms with Gasteiger partial charge in [-0.1, -0.05) is 31.5 Å². The van der Waals surface area contributed by atoms with Crippen LogP contribution in [0.25, 0.3) is 11.1 Å². The van der Waals surface area contributed by atoms with E-state index >= 15 is 0 Å². The third-order valence-corrected chi connectivity index (χ3v) is 5.82. The number of alkyl halides is 2. The lowest BCUT2D eigenvalue weighted by molar-refractivity contribution is -0.206. The van der Waals surface area contributed by atoms with Gasteiger partial charge >= 0.3 is 6.11 Å². The second-order valence-corrected chi connectivity index (χ2v) is 8.50. The quantitative estimate of drug-likeness (QED) is 0.230. The maximum Gasteiger partial charge on any atom is 0.429 e. The Hall–Kier alpha value is -3.18. The van der Waals surface area contributed by atoms with Crippen molar-refractivity contribution in [3.8, 4) is 16.9 Å². The first-order chi connectivity index (χ1) is 17.5. The maximum absolute atomic E-state index is 14.9. The molecule has 0 unspecified atom stereocenters. The summed E-state index contributed by atoms with van der Waals surface area (Å²) in [7, 11) is 0. The minimum atomic E-state index is -4.62. The van der Waals surface area contributed by atoms with E-state index < -0.39 is 69.7 Å². The molecule has 0 bridgehead atoms. The molecule has 1 aliphatic rings. The van der Waals surface area contributed by atoms with Gasteiger partial charge in [0, 0.05) is 34.7 Å². The Morgan fingerprint density at radius 1 is 0.784 bits per heavy atom. The second-order valence-electron chi connectivity index (χ2n) is 8.50. The molecule has 1 saturated heterocycles. The van der Waals surface area contributed by atoms with Gasteiger partial charge in [-0.2, -0.15) is 8.78 Å². The summed E-state index contributed by atoms with van der Waals surface area (Å²) in [5.41, 5.74) is -2.40. The zero-order chi connectivity index (χ0) is 26.9. The average Bonchev–Trinajstić information content (AvgIpc) is 2.84. The molecule has 0 saturated carbocycles. The molecule has 0 aromatic heterocycles. The van der Waals surface area contributed by atoms with Crippen LogP contribution in [0, 0.1) is 40.8 Å². The van der Waals surface area contributed by atoms with Crippen molar-refractivity contribution in [2.75, 3.05) is 13.2 Å². The maximum atomic E-state index is 14.9. The predicted molar refractivity (Wildman–Crippen MR) is 116 cm³/mol. The van der Waals surface area contributed by atoms with Gasteiger partial charge in [-0.15, -0.1) is 0 Å². The fourth-order valence-electron chi connectivity index (χ4n) is 3.98. The minimum absolute atomic E-state index is 0.121. The molecule has 1 fully saturated rings. The molecule has 11 heteroatoms. The Balaban J connectivity index is 1.57. The van der Waals surface area contributed by atoms with Crippen molar-refractivity contribution in [2.45, 2.75) is 32.2 Å². The van der Waals surface area contributed by atoms with E-state index in [2.05, 4.69) is 4.74 Å². The van der Waals surface area contributed by atoms with E-state index in [9.17, 15) is 35.1 Å². The molecular weight excluding hydrogens is 512 g/mol. The van der Waals surface area contributed by atoms with Gasteiger partial charge in [0.25, 0.3) is 0 Å². The monoisotopic (exact) mass is 532 g/mol. The van der Waals surface area contributed by atoms with Gasteiger partial charge < -0.3 is 14.2 Å². The Morgan fingerprint density at radius 3 is 2.00 bits per heavy atom. The molecule has 3 aromatic carbocycles. The summed E-state index contributed by atoms with van der Waals surface area (Å²) in [6.07, 6.45) is -3.61. The molecule has 0 aliphatic carbocycles. The molecular formula is C26H20F8O3. The van der Waals surface area contributed by atoms with E-state index in [1.54, 1.807) is 0 Å². The summed E-state index contributed by atoms with van der Waals surface area (Å²) in [5.74, 6) is -11.4. The van der Waals surface area contributed by atoms with Crippen LogP contribution >= 0.6 is 0 Å². The predicted octanol–water partition coefficient (Wildman–Crippen LogP) is 7.78. The molecule has 0 radical (unpaired) electrons. The van der Waals surface area contributed by atoms with Crippen LogP contribution in [-0.2, 0) is 15.6 Å². The Bertz CT molecular complexity index is 1270. The van der Waals surface area contributed by atoms with Crippen LogP contribution in [0.1, 0.15) is 37.2 Å². The highest BCUT2D eigenvalue weighted by molar-refractivity contribution is 5.66. The van der Waals surface area contributed by atoms with Crippen molar-refractivity contribution in [3.05, 3.63) is 88.5 Å². The molecule has 4 rings (SSSR count). The van der Waals surface area contributed by atoms with Crippen molar-refractivity contribution >= 4 is 0 Å². The number of hydrogen-bond acceptors (Lipinski definition) is 3. The molecule has 0 amide bonds. The van der Waals surface area contributed by atoms with Crippen LogP contribution in [0.15, 0.2) is 42.5 Å². The number of ether oxygens (including phenoxy) is 3. The topological polar surface area (TPSA) is 27.7 Å². The number of halogens is 8. The second kappa shape index (κ2) is 10.7. The zero-order valence-electron chi connectivity index (χ0n) is 19.3. The average molecular weight is 532 g/mol. The Labute approximate surface area is 206 Å². The molecule has 1 aliphatic heterocycles. The lowest BCUT2D eigenvalue weighted by atomic mass is 9.99. The molecule has 0 N–H and O–H groups in total. The Morgan fingerprint density at radius 2 is 1.41 bits per heavy atom. The van der Waals surface area contributed by atoms with Gasteiger partial charge in [-0.25, -0.2) is 26.3 Å². The van der Waals surface area contributed by atoms with Crippen LogP contribution in [0.2, 0.25) is 0 Å². The molecule has 1 heterocycles. The smallest absolute Gasteiger partial charge is 0.429 e. The van der Waals surface area contributed by atoms with Crippen molar-refractivity contribution < 1.29 is 49.3 Å². The summed E-state index contributed by atoms with van der Waals surface area (Å²) in [6.45, 7) is 2.85. The normalized spacial score (nSPS) is 18.2. The van der Waals surface area contributed by atoms with Crippen LogP contribution in [0.5, 0.6) is 5.75 Å². The highest BCUT2D eigenvalue weighted by atomic mass is 19.3. The van der Waals surface area contributed by atoms with Gasteiger partial charge in [0.2, 0.25) is 0 Å². The lowest BCUT2D eigenvalue weighted by Gasteiger charge is -2.29. The van der Waals surface area contributed by atoms with E-state index in [1.165, 1.54) is 6.07 Å². The Kier molecular flexibility index (Phi) is 7.75. The van der Waals surface area contributed by atoms with Crippen molar-refractivity contribution in [3.63, 3.8) is 0 Å². The summed E-state index contributed by atoms with van der Waals surface area (Å²) in [4.78, 5) is 0. The standard InChI is InChI=1S/C26H20F8O3/c1-2-3-13-11-35-25(36-12-13)14-4-5-16(19(27)8-14)17-6-7-18(23(31)22(17)30)26(33,34)37-15-9-20(28)24(32)21(29)10-15/h4-10,13,25H,2-3,11-12H2,1H3. The lowest BCUT2D eigenvalue weighted by Crippen LogP contribution is -2.27. The van der Waals surface area contributed by atoms with Crippen molar-refractivity contribution in [1.82, 2.24) is 0 Å². The summed E-state index contributed by atoms with van der Waals surface area (Å²) in [5, 5.41) is 0. The third kappa shape index (κ3) is 5.57. The number of hydrogen-bond donors (Lipinski definition) is 0. The van der Waals surface area contributed by atoms with Crippen LogP contribution < -0.4 is 4.74 Å². The zero-order valence-corrected chi connectivity index (χ0v) is 19.3. The largest absolute Gasteiger partial charge is 0.429 e. The summed E-state index contributed by atoms with van der Waals surface area (Å²) in [6, 6.07) is 4.91. The molecule has 3 aromatic rings. The highest BCUT2D eigenvalue weighted by Gasteiger charge is 2.40. The molecule has 0 spiro atoms. The van der Waals surface area contributed by atoms with Gasteiger partial charge in [0.1, 0.15) is 17.1 Å². The fraction of sp³-hybridized carbons (Fsp3) is 0.308. The van der Waals surface area contributed by atoms with Crippen molar-refractivity contribution in [1.29, 1.82) is 0 Å². The van der Waals surface area contributed by atoms with E-state index in [-0.39, 0.29) is 18.1 Å². The van der Waals surface area contributed by atoms with Gasteiger partial charge in [0.15, 0.2) is 35.4 Å². The van der Waals surface area contributed by atoms with E-state index in [0.29, 0.717) is 30.9 Å². The molecule has 198 valence electrons. The third-order valence-electron chi connectivity index (χ3n) is 5.82. The van der Waals surface area contributed by atoms with Crippen LogP contribution in [0.4, 0.5) is 35.1 Å². The first-order valence-electron chi connectivity index (χ1n) is 11.2. The summed E-state index contributed by atoms with van der Waals surface area (Å²) >= 11 is 0. The molecule has 3 nitrogen and oxygen atoms in total. The first-order valence-corrected chi connectivity index (χ1v) is 11.2. The SMILES string of the molecule is CCCC1COC(c2ccc(-c3ccc(C(F)(F)Oc4cc(F)c(F)c(F)c4)c(F)c3F)c(F)c2)OC1. The van der Waals surface area contributed by atoms with E-state index in [1.807, 2.05) is 6.92 Å². The summed E-state index contributed by atoms with van der Waals surface area (Å²) < 4.78 is 128. The van der Waals surface area contributed by atoms with Crippen LogP contribution in [0.3, 0.4) is 0 Å². The molecule has 0 atom stereocenters. The van der Waals surface area contributed by atoms with Gasteiger partial charge in [-0.3, -0.25) is 0 Å². The highest BCUT2D eigenvalue weighted by Crippen LogP contribution is 2.38. The number of benzene rings is 3. The molecule has 37 heavy (non-hydrogen) atoms. The number of rotatable bonds is 7. The van der Waals surface area contributed by atoms with Crippen molar-refractivity contribution in [2.24, 2.45) is 5.92 Å².